The summed E-state index contributed by atoms with van der Waals surface area (Å²) in [6.07, 6.45) is 0. The van der Waals surface area contributed by atoms with Gasteiger partial charge in [0.25, 0.3) is 0 Å². The molecule has 1 aliphatic rings. The van der Waals surface area contributed by atoms with Crippen LogP contribution in [0.2, 0.25) is 0 Å². The van der Waals surface area contributed by atoms with Crippen molar-refractivity contribution in [2.24, 2.45) is 0 Å². The molecule has 0 aliphatic heterocycles. The first-order valence-electron chi connectivity index (χ1n) is 18.2. The molecule has 0 saturated heterocycles. The van der Waals surface area contributed by atoms with Crippen LogP contribution in [0.25, 0.3) is 94.5 Å². The van der Waals surface area contributed by atoms with E-state index in [0.29, 0.717) is 5.82 Å². The summed E-state index contributed by atoms with van der Waals surface area (Å²) in [7, 11) is 0. The molecular weight excluding hydrogens is 647 g/mol. The zero-order valence-corrected chi connectivity index (χ0v) is 29.3. The van der Waals surface area contributed by atoms with Crippen LogP contribution in [0.5, 0.6) is 0 Å². The first kappa shape index (κ1) is 29.9. The van der Waals surface area contributed by atoms with E-state index in [4.69, 9.17) is 14.4 Å². The molecule has 1 aliphatic carbocycles. The van der Waals surface area contributed by atoms with Crippen LogP contribution in [-0.2, 0) is 5.41 Å². The van der Waals surface area contributed by atoms with Gasteiger partial charge < -0.3 is 8.98 Å². The topological polar surface area (TPSA) is 43.9 Å². The van der Waals surface area contributed by atoms with E-state index in [9.17, 15) is 0 Å². The zero-order chi connectivity index (χ0) is 35.3. The number of rotatable bonds is 4. The molecule has 7 aromatic carbocycles. The van der Waals surface area contributed by atoms with Crippen molar-refractivity contribution in [2.45, 2.75) is 19.3 Å². The van der Waals surface area contributed by atoms with Gasteiger partial charge in [-0.05, 0) is 59.2 Å². The van der Waals surface area contributed by atoms with Gasteiger partial charge >= 0.3 is 0 Å². The van der Waals surface area contributed by atoms with Crippen molar-refractivity contribution in [3.63, 3.8) is 0 Å². The standard InChI is InChI=1S/C49H33N3O/c1-49(2)39-25-24-36-35-21-10-12-23-45(35)53-47(36)46(39)38-27-37-34-20-9-11-22-43(34)52(44(37)28-40(38)49)33-19-13-18-32(26-33)48-50-41(30-14-5-3-6-15-30)29-42(51-48)31-16-7-4-8-17-31/h3-29H,1-2H3. The maximum atomic E-state index is 6.63. The van der Waals surface area contributed by atoms with Gasteiger partial charge in [-0.25, -0.2) is 9.97 Å². The molecule has 0 amide bonds. The highest BCUT2D eigenvalue weighted by atomic mass is 16.3. The van der Waals surface area contributed by atoms with Crippen LogP contribution in [0, 0.1) is 0 Å². The molecule has 53 heavy (non-hydrogen) atoms. The molecule has 4 heteroatoms. The van der Waals surface area contributed by atoms with Crippen LogP contribution in [0.3, 0.4) is 0 Å². The van der Waals surface area contributed by atoms with Crippen molar-refractivity contribution in [1.29, 1.82) is 0 Å². The molecule has 0 atom stereocenters. The van der Waals surface area contributed by atoms with E-state index in [1.807, 2.05) is 18.2 Å². The van der Waals surface area contributed by atoms with Crippen molar-refractivity contribution in [3.05, 3.63) is 175 Å². The number of aromatic nitrogens is 3. The lowest BCUT2D eigenvalue weighted by molar-refractivity contribution is 0.653. The number of para-hydroxylation sites is 2. The average molecular weight is 680 g/mol. The monoisotopic (exact) mass is 679 g/mol. The van der Waals surface area contributed by atoms with E-state index in [0.717, 1.165) is 61.2 Å². The van der Waals surface area contributed by atoms with Crippen LogP contribution in [0.4, 0.5) is 0 Å². The first-order valence-corrected chi connectivity index (χ1v) is 18.2. The number of fused-ring (bicyclic) bond motifs is 10. The minimum absolute atomic E-state index is 0.214. The number of hydrogen-bond donors (Lipinski definition) is 0. The summed E-state index contributed by atoms with van der Waals surface area (Å²) in [5.74, 6) is 0.695. The second-order valence-electron chi connectivity index (χ2n) is 14.6. The highest BCUT2D eigenvalue weighted by Crippen LogP contribution is 2.54. The molecule has 11 rings (SSSR count). The fraction of sp³-hybridized carbons (Fsp3) is 0.0612. The lowest BCUT2D eigenvalue weighted by Crippen LogP contribution is -2.15. The van der Waals surface area contributed by atoms with Gasteiger partial charge in [0.2, 0.25) is 0 Å². The Labute approximate surface area is 306 Å². The summed E-state index contributed by atoms with van der Waals surface area (Å²) in [4.78, 5) is 10.3. The molecular formula is C49H33N3O. The van der Waals surface area contributed by atoms with Gasteiger partial charge in [0.05, 0.1) is 22.4 Å². The van der Waals surface area contributed by atoms with E-state index in [2.05, 4.69) is 164 Å². The third-order valence-electron chi connectivity index (χ3n) is 11.2. The van der Waals surface area contributed by atoms with Gasteiger partial charge in [-0.2, -0.15) is 0 Å². The highest BCUT2D eigenvalue weighted by molar-refractivity contribution is 6.15. The maximum Gasteiger partial charge on any atom is 0.160 e. The van der Waals surface area contributed by atoms with E-state index in [1.54, 1.807) is 0 Å². The summed E-state index contributed by atoms with van der Waals surface area (Å²) in [6, 6.07) is 57.9. The summed E-state index contributed by atoms with van der Waals surface area (Å²) in [5.41, 5.74) is 15.0. The van der Waals surface area contributed by atoms with Gasteiger partial charge in [0.1, 0.15) is 11.2 Å². The molecule has 0 N–H and O–H groups in total. The van der Waals surface area contributed by atoms with Crippen LogP contribution in [-0.4, -0.2) is 14.5 Å². The Balaban J connectivity index is 1.13. The molecule has 3 aromatic heterocycles. The quantitative estimate of drug-likeness (QED) is 0.186. The smallest absolute Gasteiger partial charge is 0.160 e. The Morgan fingerprint density at radius 1 is 0.491 bits per heavy atom. The molecule has 0 spiro atoms. The van der Waals surface area contributed by atoms with Crippen molar-refractivity contribution in [2.75, 3.05) is 0 Å². The second-order valence-corrected chi connectivity index (χ2v) is 14.6. The Morgan fingerprint density at radius 3 is 1.91 bits per heavy atom. The van der Waals surface area contributed by atoms with E-state index in [-0.39, 0.29) is 5.41 Å². The Kier molecular flexibility index (Phi) is 6.27. The Hall–Kier alpha value is -6.78. The van der Waals surface area contributed by atoms with Gasteiger partial charge in [-0.3, -0.25) is 0 Å². The molecule has 0 bridgehead atoms. The van der Waals surface area contributed by atoms with E-state index >= 15 is 0 Å². The van der Waals surface area contributed by atoms with Gasteiger partial charge in [0, 0.05) is 54.9 Å². The van der Waals surface area contributed by atoms with E-state index in [1.165, 1.54) is 38.5 Å². The van der Waals surface area contributed by atoms with Crippen LogP contribution in [0.15, 0.2) is 168 Å². The lowest BCUT2D eigenvalue weighted by Gasteiger charge is -2.21. The highest BCUT2D eigenvalue weighted by Gasteiger charge is 2.38. The molecule has 0 radical (unpaired) electrons. The number of nitrogens with zero attached hydrogens (tertiary/aromatic N) is 3. The molecule has 10 aromatic rings. The zero-order valence-electron chi connectivity index (χ0n) is 29.3. The van der Waals surface area contributed by atoms with Gasteiger partial charge in [0.15, 0.2) is 5.82 Å². The fourth-order valence-electron chi connectivity index (χ4n) is 8.61. The van der Waals surface area contributed by atoms with Crippen molar-refractivity contribution >= 4 is 43.7 Å². The molecule has 3 heterocycles. The molecule has 250 valence electrons. The minimum atomic E-state index is -0.214. The predicted molar refractivity (Wildman–Crippen MR) is 218 cm³/mol. The third-order valence-corrected chi connectivity index (χ3v) is 11.2. The van der Waals surface area contributed by atoms with E-state index < -0.39 is 0 Å². The molecule has 0 saturated carbocycles. The number of furan rings is 1. The summed E-state index contributed by atoms with van der Waals surface area (Å²) in [6.45, 7) is 4.68. The normalized spacial score (nSPS) is 13.2. The number of hydrogen-bond acceptors (Lipinski definition) is 3. The summed E-state index contributed by atoms with van der Waals surface area (Å²) in [5, 5.41) is 4.75. The average Bonchev–Trinajstić information content (AvgIpc) is 3.83. The van der Waals surface area contributed by atoms with Gasteiger partial charge in [-0.15, -0.1) is 0 Å². The second kappa shape index (κ2) is 11.1. The first-order chi connectivity index (χ1) is 26.0. The Bertz CT molecular complexity index is 3020. The van der Waals surface area contributed by atoms with Crippen LogP contribution < -0.4 is 0 Å². The molecule has 0 fully saturated rings. The van der Waals surface area contributed by atoms with Crippen molar-refractivity contribution in [3.8, 4) is 50.7 Å². The lowest BCUT2D eigenvalue weighted by atomic mass is 9.82. The molecule has 0 unspecified atom stereocenters. The predicted octanol–water partition coefficient (Wildman–Crippen LogP) is 12.8. The maximum absolute atomic E-state index is 6.63. The fourth-order valence-corrected chi connectivity index (χ4v) is 8.61. The summed E-state index contributed by atoms with van der Waals surface area (Å²) < 4.78 is 9.04. The van der Waals surface area contributed by atoms with Crippen molar-refractivity contribution in [1.82, 2.24) is 14.5 Å². The summed E-state index contributed by atoms with van der Waals surface area (Å²) >= 11 is 0. The van der Waals surface area contributed by atoms with Crippen LogP contribution >= 0.6 is 0 Å². The van der Waals surface area contributed by atoms with Gasteiger partial charge in [-0.1, -0.05) is 135 Å². The minimum Gasteiger partial charge on any atom is -0.455 e. The van der Waals surface area contributed by atoms with Crippen LogP contribution in [0.1, 0.15) is 25.0 Å². The largest absolute Gasteiger partial charge is 0.455 e. The number of benzene rings is 7. The SMILES string of the molecule is CC1(C)c2cc3c(cc2-c2c1ccc1c2oc2ccccc21)c1ccccc1n3-c1cccc(-c2nc(-c3ccccc3)cc(-c3ccccc3)n2)c1. The molecule has 4 nitrogen and oxygen atoms in total. The third kappa shape index (κ3) is 4.42. The van der Waals surface area contributed by atoms with Crippen molar-refractivity contribution < 1.29 is 4.42 Å². The Morgan fingerprint density at radius 2 is 1.15 bits per heavy atom.